The number of benzene rings is 1. The number of rotatable bonds is 3. The monoisotopic (exact) mass is 433 g/mol. The molecule has 1 N–H and O–H groups in total. The molecule has 2 saturated heterocycles. The Hall–Kier alpha value is -3.42. The van der Waals surface area contributed by atoms with E-state index >= 15 is 0 Å². The summed E-state index contributed by atoms with van der Waals surface area (Å²) in [6, 6.07) is 9.26. The highest BCUT2D eigenvalue weighted by atomic mass is 16.5. The van der Waals surface area contributed by atoms with Crippen molar-refractivity contribution >= 4 is 23.8 Å². The summed E-state index contributed by atoms with van der Waals surface area (Å²) >= 11 is 0. The predicted molar refractivity (Wildman–Crippen MR) is 120 cm³/mol. The van der Waals surface area contributed by atoms with Gasteiger partial charge in [0.25, 0.3) is 11.8 Å². The summed E-state index contributed by atoms with van der Waals surface area (Å²) in [5, 5.41) is 3.07. The molecule has 8 nitrogen and oxygen atoms in total. The zero-order chi connectivity index (χ0) is 21.9. The van der Waals surface area contributed by atoms with Gasteiger partial charge in [-0.3, -0.25) is 9.59 Å². The highest BCUT2D eigenvalue weighted by Crippen LogP contribution is 2.27. The Bertz CT molecular complexity index is 1000. The number of piperazine rings is 1. The van der Waals surface area contributed by atoms with Gasteiger partial charge in [-0.15, -0.1) is 0 Å². The Labute approximate surface area is 187 Å². The topological polar surface area (TPSA) is 87.7 Å². The van der Waals surface area contributed by atoms with Crippen molar-refractivity contribution in [3.05, 3.63) is 59.6 Å². The standard InChI is InChI=1S/C24H27N5O3/c30-22-21(32-20-5-2-1-4-19(20)27-22)16-17-6-8-18(9-7-17)23(31)28-12-14-29(15-13-28)24-25-10-3-11-26-24/h3,6-11,16,19-20H,1-2,4-5,12-15H2,(H,27,30)/b21-16-. The third-order valence-corrected chi connectivity index (χ3v) is 6.38. The van der Waals surface area contributed by atoms with Crippen LogP contribution in [0.1, 0.15) is 41.6 Å². The van der Waals surface area contributed by atoms with E-state index in [1.54, 1.807) is 24.5 Å². The van der Waals surface area contributed by atoms with Crippen molar-refractivity contribution in [3.63, 3.8) is 0 Å². The van der Waals surface area contributed by atoms with Gasteiger partial charge in [0.1, 0.15) is 6.10 Å². The summed E-state index contributed by atoms with van der Waals surface area (Å²) in [5.74, 6) is 0.903. The van der Waals surface area contributed by atoms with Gasteiger partial charge in [0.2, 0.25) is 5.95 Å². The van der Waals surface area contributed by atoms with E-state index < -0.39 is 0 Å². The molecular weight excluding hydrogens is 406 g/mol. The van der Waals surface area contributed by atoms with Crippen molar-refractivity contribution in [2.75, 3.05) is 31.1 Å². The summed E-state index contributed by atoms with van der Waals surface area (Å²) in [5.41, 5.74) is 1.48. The normalized spacial score (nSPS) is 24.5. The van der Waals surface area contributed by atoms with Crippen molar-refractivity contribution in [3.8, 4) is 0 Å². The van der Waals surface area contributed by atoms with Crippen LogP contribution in [0, 0.1) is 0 Å². The molecule has 1 aliphatic carbocycles. The summed E-state index contributed by atoms with van der Waals surface area (Å²) in [4.78, 5) is 37.8. The SMILES string of the molecule is O=C1NC2CCCCC2O/C1=C\c1ccc(C(=O)N2CCN(c3ncccn3)CC2)cc1. The van der Waals surface area contributed by atoms with Crippen molar-refractivity contribution in [2.45, 2.75) is 37.8 Å². The molecule has 32 heavy (non-hydrogen) atoms. The lowest BCUT2D eigenvalue weighted by Gasteiger charge is -2.37. The molecule has 0 bridgehead atoms. The van der Waals surface area contributed by atoms with Crippen LogP contribution in [0.2, 0.25) is 0 Å². The first-order chi connectivity index (χ1) is 15.7. The van der Waals surface area contributed by atoms with E-state index in [1.807, 2.05) is 29.2 Å². The van der Waals surface area contributed by atoms with Gasteiger partial charge in [-0.1, -0.05) is 18.6 Å². The second kappa shape index (κ2) is 8.98. The van der Waals surface area contributed by atoms with Gasteiger partial charge in [0.05, 0.1) is 6.04 Å². The van der Waals surface area contributed by atoms with E-state index in [9.17, 15) is 9.59 Å². The molecule has 2 atom stereocenters. The number of carbonyl (C=O) groups excluding carboxylic acids is 2. The number of morpholine rings is 1. The van der Waals surface area contributed by atoms with Crippen LogP contribution in [0.3, 0.4) is 0 Å². The lowest BCUT2D eigenvalue weighted by atomic mass is 9.91. The number of amides is 2. The first kappa shape index (κ1) is 20.5. The quantitative estimate of drug-likeness (QED) is 0.747. The molecule has 3 aliphatic rings. The molecule has 0 spiro atoms. The molecule has 0 radical (unpaired) electrons. The van der Waals surface area contributed by atoms with Crippen LogP contribution in [0.25, 0.3) is 6.08 Å². The minimum atomic E-state index is -0.159. The van der Waals surface area contributed by atoms with Crippen molar-refractivity contribution < 1.29 is 14.3 Å². The molecule has 3 fully saturated rings. The Morgan fingerprint density at radius 3 is 2.50 bits per heavy atom. The number of nitrogens with zero attached hydrogens (tertiary/aromatic N) is 4. The van der Waals surface area contributed by atoms with Gasteiger partial charge in [0.15, 0.2) is 5.76 Å². The second-order valence-corrected chi connectivity index (χ2v) is 8.48. The van der Waals surface area contributed by atoms with Gasteiger partial charge in [-0.05, 0) is 49.1 Å². The first-order valence-corrected chi connectivity index (χ1v) is 11.3. The minimum Gasteiger partial charge on any atom is -0.483 e. The highest BCUT2D eigenvalue weighted by molar-refractivity contribution is 5.97. The van der Waals surface area contributed by atoms with Crippen LogP contribution in [0.4, 0.5) is 5.95 Å². The van der Waals surface area contributed by atoms with Crippen molar-refractivity contribution in [2.24, 2.45) is 0 Å². The Kier molecular flexibility index (Phi) is 5.75. The van der Waals surface area contributed by atoms with E-state index in [2.05, 4.69) is 20.2 Å². The lowest BCUT2D eigenvalue weighted by Crippen LogP contribution is -2.51. The van der Waals surface area contributed by atoms with Crippen LogP contribution in [0.5, 0.6) is 0 Å². The number of fused-ring (bicyclic) bond motifs is 1. The Balaban J connectivity index is 1.21. The fraction of sp³-hybridized carbons (Fsp3) is 0.417. The second-order valence-electron chi connectivity index (χ2n) is 8.48. The van der Waals surface area contributed by atoms with E-state index in [0.29, 0.717) is 43.4 Å². The third-order valence-electron chi connectivity index (χ3n) is 6.38. The molecule has 2 aliphatic heterocycles. The Morgan fingerprint density at radius 1 is 1.03 bits per heavy atom. The van der Waals surface area contributed by atoms with Gasteiger partial charge in [-0.25, -0.2) is 9.97 Å². The number of carbonyl (C=O) groups is 2. The number of nitrogens with one attached hydrogen (secondary N) is 1. The molecule has 166 valence electrons. The van der Waals surface area contributed by atoms with Gasteiger partial charge >= 0.3 is 0 Å². The van der Waals surface area contributed by atoms with Gasteiger partial charge in [0, 0.05) is 44.1 Å². The molecule has 3 heterocycles. The number of aromatic nitrogens is 2. The third kappa shape index (κ3) is 4.30. The summed E-state index contributed by atoms with van der Waals surface area (Å²) in [7, 11) is 0. The number of anilines is 1. The summed E-state index contributed by atoms with van der Waals surface area (Å²) in [6.07, 6.45) is 9.49. The number of hydrogen-bond donors (Lipinski definition) is 1. The van der Waals surface area contributed by atoms with Crippen LogP contribution < -0.4 is 10.2 Å². The van der Waals surface area contributed by atoms with E-state index in [-0.39, 0.29) is 24.0 Å². The molecule has 8 heteroatoms. The van der Waals surface area contributed by atoms with E-state index in [4.69, 9.17) is 4.74 Å². The zero-order valence-electron chi connectivity index (χ0n) is 17.9. The van der Waals surface area contributed by atoms with Crippen LogP contribution >= 0.6 is 0 Å². The Morgan fingerprint density at radius 2 is 1.75 bits per heavy atom. The van der Waals surface area contributed by atoms with E-state index in [1.165, 1.54) is 0 Å². The maximum absolute atomic E-state index is 12.9. The average Bonchev–Trinajstić information content (AvgIpc) is 2.85. The van der Waals surface area contributed by atoms with E-state index in [0.717, 1.165) is 31.2 Å². The number of hydrogen-bond acceptors (Lipinski definition) is 6. The number of ether oxygens (including phenoxy) is 1. The molecule has 2 aromatic rings. The molecular formula is C24H27N5O3. The highest BCUT2D eigenvalue weighted by Gasteiger charge is 2.35. The fourth-order valence-electron chi connectivity index (χ4n) is 4.58. The summed E-state index contributed by atoms with van der Waals surface area (Å²) < 4.78 is 5.98. The molecule has 1 aromatic carbocycles. The maximum atomic E-state index is 12.9. The lowest BCUT2D eigenvalue weighted by molar-refractivity contribution is -0.129. The maximum Gasteiger partial charge on any atom is 0.286 e. The van der Waals surface area contributed by atoms with Crippen LogP contribution in [-0.2, 0) is 9.53 Å². The molecule has 2 unspecified atom stereocenters. The molecule has 2 amide bonds. The first-order valence-electron chi connectivity index (χ1n) is 11.3. The smallest absolute Gasteiger partial charge is 0.286 e. The fourth-order valence-corrected chi connectivity index (χ4v) is 4.58. The van der Waals surface area contributed by atoms with Crippen molar-refractivity contribution in [1.82, 2.24) is 20.2 Å². The molecule has 1 aromatic heterocycles. The van der Waals surface area contributed by atoms with Gasteiger partial charge in [-0.2, -0.15) is 0 Å². The molecule has 1 saturated carbocycles. The summed E-state index contributed by atoms with van der Waals surface area (Å²) in [6.45, 7) is 2.65. The predicted octanol–water partition coefficient (Wildman–Crippen LogP) is 2.24. The van der Waals surface area contributed by atoms with Crippen LogP contribution in [0.15, 0.2) is 48.5 Å². The van der Waals surface area contributed by atoms with Gasteiger partial charge < -0.3 is 19.9 Å². The van der Waals surface area contributed by atoms with Crippen molar-refractivity contribution in [1.29, 1.82) is 0 Å². The zero-order valence-corrected chi connectivity index (χ0v) is 17.9. The average molecular weight is 434 g/mol. The minimum absolute atomic E-state index is 0.00883. The molecule has 5 rings (SSSR count). The van der Waals surface area contributed by atoms with Crippen LogP contribution in [-0.4, -0.2) is 65.0 Å². The largest absolute Gasteiger partial charge is 0.483 e.